The third-order valence-electron chi connectivity index (χ3n) is 1.82. The predicted molar refractivity (Wildman–Crippen MR) is 34.2 cm³/mol. The largest absolute Gasteiger partial charge is 0.396 e. The summed E-state index contributed by atoms with van der Waals surface area (Å²) in [5.41, 5.74) is 0. The molecule has 0 saturated carbocycles. The zero-order chi connectivity index (χ0) is 6.69. The van der Waals surface area contributed by atoms with Gasteiger partial charge in [0.1, 0.15) is 0 Å². The van der Waals surface area contributed by atoms with Gasteiger partial charge in [0.2, 0.25) is 0 Å². The third-order valence-corrected chi connectivity index (χ3v) is 1.82. The van der Waals surface area contributed by atoms with Crippen LogP contribution in [0.25, 0.3) is 0 Å². The van der Waals surface area contributed by atoms with Crippen LogP contribution in [-0.2, 0) is 4.74 Å². The Bertz CT molecular complexity index is 77.1. The fourth-order valence-electron chi connectivity index (χ4n) is 1.17. The minimum absolute atomic E-state index is 0.218. The molecule has 1 heterocycles. The van der Waals surface area contributed by atoms with E-state index in [1.54, 1.807) is 7.11 Å². The van der Waals surface area contributed by atoms with Crippen LogP contribution in [0.1, 0.15) is 0 Å². The molecule has 0 aromatic rings. The van der Waals surface area contributed by atoms with Crippen molar-refractivity contribution in [3.05, 3.63) is 0 Å². The molecular weight excluding hydrogens is 118 g/mol. The van der Waals surface area contributed by atoms with E-state index in [4.69, 9.17) is 9.84 Å². The molecule has 9 heavy (non-hydrogen) atoms. The Morgan fingerprint density at radius 2 is 2.44 bits per heavy atom. The van der Waals surface area contributed by atoms with Gasteiger partial charge >= 0.3 is 0 Å². The average Bonchev–Trinajstić information content (AvgIpc) is 2.33. The van der Waals surface area contributed by atoms with E-state index in [2.05, 4.69) is 5.32 Å². The normalized spacial score (nSPS) is 35.3. The summed E-state index contributed by atoms with van der Waals surface area (Å²) < 4.78 is 5.09. The highest BCUT2D eigenvalue weighted by Gasteiger charge is 2.25. The van der Waals surface area contributed by atoms with Crippen LogP contribution in [0.3, 0.4) is 0 Å². The van der Waals surface area contributed by atoms with Gasteiger partial charge in [-0.1, -0.05) is 0 Å². The molecule has 2 atom stereocenters. The van der Waals surface area contributed by atoms with E-state index in [1.807, 2.05) is 0 Å². The fourth-order valence-corrected chi connectivity index (χ4v) is 1.17. The van der Waals surface area contributed by atoms with Crippen molar-refractivity contribution in [1.82, 2.24) is 5.32 Å². The second-order valence-electron chi connectivity index (χ2n) is 2.38. The average molecular weight is 131 g/mol. The van der Waals surface area contributed by atoms with E-state index in [0.29, 0.717) is 5.92 Å². The lowest BCUT2D eigenvalue weighted by Gasteiger charge is -2.12. The molecular formula is C6H13NO2. The lowest BCUT2D eigenvalue weighted by Crippen LogP contribution is -2.23. The van der Waals surface area contributed by atoms with Crippen molar-refractivity contribution < 1.29 is 9.84 Å². The molecule has 1 aliphatic rings. The molecule has 2 N–H and O–H groups in total. The number of aliphatic hydroxyl groups is 1. The molecule has 1 aliphatic heterocycles. The molecule has 0 bridgehead atoms. The van der Waals surface area contributed by atoms with Gasteiger partial charge in [-0.25, -0.2) is 0 Å². The van der Waals surface area contributed by atoms with Crippen molar-refractivity contribution in [3.63, 3.8) is 0 Å². The zero-order valence-electron chi connectivity index (χ0n) is 5.63. The summed E-state index contributed by atoms with van der Waals surface area (Å²) in [6, 6.07) is 0. The summed E-state index contributed by atoms with van der Waals surface area (Å²) in [5.74, 6) is 0.301. The summed E-state index contributed by atoms with van der Waals surface area (Å²) in [6.45, 7) is 1.99. The van der Waals surface area contributed by atoms with Crippen LogP contribution in [0, 0.1) is 5.92 Å². The van der Waals surface area contributed by atoms with Gasteiger partial charge in [0.15, 0.2) is 0 Å². The van der Waals surface area contributed by atoms with Crippen molar-refractivity contribution >= 4 is 0 Å². The fraction of sp³-hybridized carbons (Fsp3) is 1.00. The van der Waals surface area contributed by atoms with Gasteiger partial charge in [-0.2, -0.15) is 0 Å². The summed E-state index contributed by atoms with van der Waals surface area (Å²) in [7, 11) is 1.68. The highest BCUT2D eigenvalue weighted by atomic mass is 16.5. The van der Waals surface area contributed by atoms with Gasteiger partial charge < -0.3 is 15.2 Å². The topological polar surface area (TPSA) is 41.5 Å². The molecule has 54 valence electrons. The Morgan fingerprint density at radius 3 is 2.89 bits per heavy atom. The summed E-state index contributed by atoms with van der Waals surface area (Å²) in [4.78, 5) is 0. The van der Waals surface area contributed by atoms with Crippen molar-refractivity contribution in [1.29, 1.82) is 0 Å². The van der Waals surface area contributed by atoms with Gasteiger partial charge in [0.05, 0.1) is 6.10 Å². The molecule has 0 unspecified atom stereocenters. The lowest BCUT2D eigenvalue weighted by atomic mass is 10.1. The van der Waals surface area contributed by atoms with Gasteiger partial charge in [-0.15, -0.1) is 0 Å². The highest BCUT2D eigenvalue weighted by molar-refractivity contribution is 4.80. The molecule has 1 saturated heterocycles. The first-order chi connectivity index (χ1) is 4.38. The number of aliphatic hydroxyl groups excluding tert-OH is 1. The van der Waals surface area contributed by atoms with E-state index < -0.39 is 0 Å². The molecule has 0 aromatic carbocycles. The van der Waals surface area contributed by atoms with E-state index >= 15 is 0 Å². The molecule has 0 spiro atoms. The van der Waals surface area contributed by atoms with E-state index in [0.717, 1.165) is 13.1 Å². The SMILES string of the molecule is CO[C@H]1CNC[C@H]1CO. The van der Waals surface area contributed by atoms with Gasteiger partial charge in [-0.05, 0) is 0 Å². The van der Waals surface area contributed by atoms with E-state index in [-0.39, 0.29) is 12.7 Å². The minimum atomic E-state index is 0.218. The monoisotopic (exact) mass is 131 g/mol. The predicted octanol–water partition coefficient (Wildman–Crippen LogP) is -0.787. The molecule has 0 amide bonds. The van der Waals surface area contributed by atoms with Gasteiger partial charge in [0.25, 0.3) is 0 Å². The third kappa shape index (κ3) is 1.41. The molecule has 0 radical (unpaired) electrons. The summed E-state index contributed by atoms with van der Waals surface area (Å²) in [6.07, 6.45) is 0.218. The van der Waals surface area contributed by atoms with Crippen LogP contribution in [-0.4, -0.2) is 38.0 Å². The molecule has 0 aromatic heterocycles. The van der Waals surface area contributed by atoms with E-state index in [1.165, 1.54) is 0 Å². The van der Waals surface area contributed by atoms with E-state index in [9.17, 15) is 0 Å². The van der Waals surface area contributed by atoms with Crippen molar-refractivity contribution in [2.75, 3.05) is 26.8 Å². The van der Waals surface area contributed by atoms with Crippen molar-refractivity contribution in [3.8, 4) is 0 Å². The van der Waals surface area contributed by atoms with Crippen LogP contribution in [0.5, 0.6) is 0 Å². The molecule has 3 nitrogen and oxygen atoms in total. The maximum absolute atomic E-state index is 8.75. The van der Waals surface area contributed by atoms with Gasteiger partial charge in [-0.3, -0.25) is 0 Å². The van der Waals surface area contributed by atoms with Crippen LogP contribution in [0.2, 0.25) is 0 Å². The molecule has 3 heteroatoms. The number of hydrogen-bond donors (Lipinski definition) is 2. The second-order valence-corrected chi connectivity index (χ2v) is 2.38. The van der Waals surface area contributed by atoms with Crippen molar-refractivity contribution in [2.24, 2.45) is 5.92 Å². The van der Waals surface area contributed by atoms with Crippen LogP contribution < -0.4 is 5.32 Å². The van der Waals surface area contributed by atoms with Crippen LogP contribution >= 0.6 is 0 Å². The minimum Gasteiger partial charge on any atom is -0.396 e. The standard InChI is InChI=1S/C6H13NO2/c1-9-6-3-7-2-5(6)4-8/h5-8H,2-4H2,1H3/t5-,6-/m0/s1. The van der Waals surface area contributed by atoms with Crippen LogP contribution in [0.15, 0.2) is 0 Å². The Balaban J connectivity index is 2.32. The smallest absolute Gasteiger partial charge is 0.0757 e. The van der Waals surface area contributed by atoms with Gasteiger partial charge in [0, 0.05) is 32.7 Å². The first-order valence-corrected chi connectivity index (χ1v) is 3.23. The lowest BCUT2D eigenvalue weighted by molar-refractivity contribution is 0.0576. The summed E-state index contributed by atoms with van der Waals surface area (Å²) in [5, 5.41) is 11.9. The Morgan fingerprint density at radius 1 is 1.67 bits per heavy atom. The number of methoxy groups -OCH3 is 1. The van der Waals surface area contributed by atoms with Crippen LogP contribution in [0.4, 0.5) is 0 Å². The van der Waals surface area contributed by atoms with Crippen molar-refractivity contribution in [2.45, 2.75) is 6.10 Å². The molecule has 1 fully saturated rings. The molecule has 0 aliphatic carbocycles. The number of ether oxygens (including phenoxy) is 1. The quantitative estimate of drug-likeness (QED) is 0.516. The number of rotatable bonds is 2. The first-order valence-electron chi connectivity index (χ1n) is 3.23. The second kappa shape index (κ2) is 3.15. The number of nitrogens with one attached hydrogen (secondary N) is 1. The Kier molecular flexibility index (Phi) is 2.45. The maximum atomic E-state index is 8.75. The summed E-state index contributed by atoms with van der Waals surface area (Å²) >= 11 is 0. The maximum Gasteiger partial charge on any atom is 0.0757 e. The Labute approximate surface area is 55.0 Å². The highest BCUT2D eigenvalue weighted by Crippen LogP contribution is 2.09. The Hall–Kier alpha value is -0.120. The number of hydrogen-bond acceptors (Lipinski definition) is 3. The zero-order valence-corrected chi connectivity index (χ0v) is 5.63. The molecule has 1 rings (SSSR count). The first kappa shape index (κ1) is 6.99.